The highest BCUT2D eigenvalue weighted by Crippen LogP contribution is 2.22. The molecular weight excluding hydrogens is 330 g/mol. The van der Waals surface area contributed by atoms with Gasteiger partial charge in [-0.1, -0.05) is 11.6 Å². The number of rotatable bonds is 4. The van der Waals surface area contributed by atoms with Crippen LogP contribution in [0, 0.1) is 0 Å². The summed E-state index contributed by atoms with van der Waals surface area (Å²) in [4.78, 5) is 0. The molecule has 1 aromatic heterocycles. The lowest BCUT2D eigenvalue weighted by Gasteiger charge is -2.08. The first-order valence-corrected chi connectivity index (χ1v) is 6.71. The van der Waals surface area contributed by atoms with Crippen molar-refractivity contribution in [1.82, 2.24) is 9.78 Å². The number of benzene rings is 1. The zero-order valence-electron chi connectivity index (χ0n) is 11.0. The van der Waals surface area contributed by atoms with Gasteiger partial charge in [-0.25, -0.2) is 4.68 Å². The predicted molar refractivity (Wildman–Crippen MR) is 77.2 cm³/mol. The van der Waals surface area contributed by atoms with Gasteiger partial charge in [0.1, 0.15) is 10.4 Å². The van der Waals surface area contributed by atoms with Crippen LogP contribution in [0.1, 0.15) is 19.5 Å². The minimum atomic E-state index is -2.84. The Balaban J connectivity index is 2.43. The van der Waals surface area contributed by atoms with Gasteiger partial charge in [-0.05, 0) is 54.1 Å². The highest BCUT2D eigenvalue weighted by atomic mass is 79.9. The lowest BCUT2D eigenvalue weighted by molar-refractivity contribution is -0.0498. The second-order valence-corrected chi connectivity index (χ2v) is 5.21. The molecule has 0 atom stereocenters. The molecule has 3 nitrogen and oxygen atoms in total. The fourth-order valence-corrected chi connectivity index (χ4v) is 2.16. The first-order chi connectivity index (χ1) is 9.45. The number of allylic oxidation sites excluding steroid dienone is 1. The van der Waals surface area contributed by atoms with Crippen LogP contribution in [0.2, 0.25) is 0 Å². The lowest BCUT2D eigenvalue weighted by atomic mass is 10.2. The maximum Gasteiger partial charge on any atom is 0.387 e. The summed E-state index contributed by atoms with van der Waals surface area (Å²) in [5.74, 6) is 0.104. The van der Waals surface area contributed by atoms with Crippen molar-refractivity contribution < 1.29 is 13.5 Å². The summed E-state index contributed by atoms with van der Waals surface area (Å²) >= 11 is 3.32. The van der Waals surface area contributed by atoms with Gasteiger partial charge in [0.25, 0.3) is 0 Å². The van der Waals surface area contributed by atoms with Gasteiger partial charge in [-0.3, -0.25) is 0 Å². The van der Waals surface area contributed by atoms with E-state index >= 15 is 0 Å². The molecule has 1 heterocycles. The Morgan fingerprint density at radius 3 is 2.75 bits per heavy atom. The highest BCUT2D eigenvalue weighted by molar-refractivity contribution is 9.10. The van der Waals surface area contributed by atoms with E-state index in [1.54, 1.807) is 16.8 Å². The molecule has 2 rings (SSSR count). The van der Waals surface area contributed by atoms with Crippen LogP contribution in [-0.2, 0) is 0 Å². The molecule has 0 amide bonds. The smallest absolute Gasteiger partial charge is 0.387 e. The summed E-state index contributed by atoms with van der Waals surface area (Å²) < 4.78 is 31.2. The fourth-order valence-electron chi connectivity index (χ4n) is 1.76. The number of aromatic nitrogens is 2. The van der Waals surface area contributed by atoms with Crippen molar-refractivity contribution in [3.8, 4) is 11.4 Å². The first-order valence-electron chi connectivity index (χ1n) is 5.91. The molecule has 0 spiro atoms. The second-order valence-electron chi connectivity index (χ2n) is 4.40. The van der Waals surface area contributed by atoms with Crippen molar-refractivity contribution in [2.45, 2.75) is 20.5 Å². The quantitative estimate of drug-likeness (QED) is 0.807. The average Bonchev–Trinajstić information content (AvgIpc) is 2.68. The van der Waals surface area contributed by atoms with Gasteiger partial charge in [0.05, 0.1) is 11.4 Å². The topological polar surface area (TPSA) is 27.1 Å². The predicted octanol–water partition coefficient (Wildman–Crippen LogP) is 4.66. The Bertz CT molecular complexity index is 634. The molecule has 0 saturated carbocycles. The van der Waals surface area contributed by atoms with E-state index in [1.807, 2.05) is 26.0 Å². The number of ether oxygens (including phenoxy) is 1. The third-order valence-electron chi connectivity index (χ3n) is 2.43. The molecule has 0 aliphatic rings. The van der Waals surface area contributed by atoms with Gasteiger partial charge in [0.15, 0.2) is 0 Å². The van der Waals surface area contributed by atoms with E-state index in [0.29, 0.717) is 10.3 Å². The molecule has 0 radical (unpaired) electrons. The lowest BCUT2D eigenvalue weighted by Crippen LogP contribution is -2.04. The number of hydrogen-bond acceptors (Lipinski definition) is 2. The Morgan fingerprint density at radius 1 is 1.35 bits per heavy atom. The molecule has 20 heavy (non-hydrogen) atoms. The Labute approximate surface area is 124 Å². The molecule has 2 aromatic rings. The first kappa shape index (κ1) is 14.7. The third-order valence-corrected chi connectivity index (χ3v) is 2.82. The van der Waals surface area contributed by atoms with E-state index in [9.17, 15) is 8.78 Å². The van der Waals surface area contributed by atoms with Crippen molar-refractivity contribution in [3.63, 3.8) is 0 Å². The van der Waals surface area contributed by atoms with Crippen molar-refractivity contribution in [2.75, 3.05) is 0 Å². The van der Waals surface area contributed by atoms with Gasteiger partial charge >= 0.3 is 6.61 Å². The molecular formula is C14H13BrF2N2O. The van der Waals surface area contributed by atoms with E-state index < -0.39 is 6.61 Å². The summed E-state index contributed by atoms with van der Waals surface area (Å²) in [5, 5.41) is 4.30. The van der Waals surface area contributed by atoms with Crippen molar-refractivity contribution in [2.24, 2.45) is 0 Å². The fraction of sp³-hybridized carbons (Fsp3) is 0.214. The summed E-state index contributed by atoms with van der Waals surface area (Å²) in [6.07, 6.45) is 1.96. The number of hydrogen-bond donors (Lipinski definition) is 0. The van der Waals surface area contributed by atoms with E-state index in [4.69, 9.17) is 0 Å². The molecule has 0 aliphatic carbocycles. The minimum absolute atomic E-state index is 0.104. The van der Waals surface area contributed by atoms with Crippen LogP contribution in [-0.4, -0.2) is 16.4 Å². The third kappa shape index (κ3) is 3.66. The van der Waals surface area contributed by atoms with Crippen molar-refractivity contribution in [1.29, 1.82) is 0 Å². The van der Waals surface area contributed by atoms with Gasteiger partial charge in [0.2, 0.25) is 0 Å². The number of halogens is 3. The van der Waals surface area contributed by atoms with Gasteiger partial charge < -0.3 is 4.74 Å². The maximum atomic E-state index is 12.2. The summed E-state index contributed by atoms with van der Waals surface area (Å²) in [7, 11) is 0. The Kier molecular flexibility index (Phi) is 4.54. The monoisotopic (exact) mass is 342 g/mol. The summed E-state index contributed by atoms with van der Waals surface area (Å²) in [5.41, 5.74) is 2.62. The minimum Gasteiger partial charge on any atom is -0.435 e. The van der Waals surface area contributed by atoms with Crippen LogP contribution in [0.3, 0.4) is 0 Å². The normalized spacial score (nSPS) is 10.7. The average molecular weight is 343 g/mol. The molecule has 106 valence electrons. The van der Waals surface area contributed by atoms with Gasteiger partial charge in [0, 0.05) is 6.07 Å². The maximum absolute atomic E-state index is 12.2. The molecule has 0 saturated heterocycles. The van der Waals surface area contributed by atoms with Crippen LogP contribution in [0.25, 0.3) is 11.8 Å². The van der Waals surface area contributed by atoms with Crippen LogP contribution >= 0.6 is 15.9 Å². The van der Waals surface area contributed by atoms with Crippen LogP contribution in [0.15, 0.2) is 40.5 Å². The van der Waals surface area contributed by atoms with Gasteiger partial charge in [-0.15, -0.1) is 0 Å². The van der Waals surface area contributed by atoms with E-state index in [2.05, 4.69) is 25.8 Å². The SMILES string of the molecule is CC(C)=Cc1cc(Br)nn1-c1cccc(OC(F)F)c1. The zero-order valence-corrected chi connectivity index (χ0v) is 12.6. The van der Waals surface area contributed by atoms with Crippen molar-refractivity contribution >= 4 is 22.0 Å². The van der Waals surface area contributed by atoms with E-state index in [0.717, 1.165) is 11.3 Å². The van der Waals surface area contributed by atoms with Crippen LogP contribution < -0.4 is 4.74 Å². The molecule has 0 unspecified atom stereocenters. The standard InChI is InChI=1S/C14H13BrF2N2O/c1-9(2)6-11-8-13(15)18-19(11)10-4-3-5-12(7-10)20-14(16)17/h3-8,14H,1-2H3. The largest absolute Gasteiger partial charge is 0.435 e. The van der Waals surface area contributed by atoms with E-state index in [-0.39, 0.29) is 5.75 Å². The van der Waals surface area contributed by atoms with Crippen LogP contribution in [0.5, 0.6) is 5.75 Å². The van der Waals surface area contributed by atoms with E-state index in [1.165, 1.54) is 12.1 Å². The molecule has 0 N–H and O–H groups in total. The molecule has 0 aliphatic heterocycles. The zero-order chi connectivity index (χ0) is 14.7. The highest BCUT2D eigenvalue weighted by Gasteiger charge is 2.09. The number of nitrogens with zero attached hydrogens (tertiary/aromatic N) is 2. The summed E-state index contributed by atoms with van der Waals surface area (Å²) in [6.45, 7) is 1.11. The molecule has 0 bridgehead atoms. The summed E-state index contributed by atoms with van der Waals surface area (Å²) in [6, 6.07) is 8.28. The van der Waals surface area contributed by atoms with Crippen molar-refractivity contribution in [3.05, 3.63) is 46.2 Å². The second kappa shape index (κ2) is 6.17. The molecule has 0 fully saturated rings. The number of alkyl halides is 2. The Morgan fingerprint density at radius 2 is 2.10 bits per heavy atom. The Hall–Kier alpha value is -1.69. The van der Waals surface area contributed by atoms with Gasteiger partial charge in [-0.2, -0.15) is 13.9 Å². The molecule has 1 aromatic carbocycles. The van der Waals surface area contributed by atoms with Crippen LogP contribution in [0.4, 0.5) is 8.78 Å². The molecule has 6 heteroatoms.